The molecule has 0 fully saturated rings. The number of rotatable bonds is 17. The van der Waals surface area contributed by atoms with Gasteiger partial charge in [-0.15, -0.1) is 11.8 Å². The highest BCUT2D eigenvalue weighted by atomic mass is 32.2. The first-order valence-corrected chi connectivity index (χ1v) is 12.9. The van der Waals surface area contributed by atoms with E-state index in [1.54, 1.807) is 41.5 Å². The van der Waals surface area contributed by atoms with Gasteiger partial charge < -0.3 is 35.7 Å². The lowest BCUT2D eigenvalue weighted by atomic mass is 10.1. The lowest BCUT2D eigenvalue weighted by Crippen LogP contribution is -2.50. The first-order chi connectivity index (χ1) is 17.1. The normalized spacial score (nSPS) is 13.5. The number of nitrogens with two attached hydrogens (primary N) is 1. The van der Waals surface area contributed by atoms with E-state index in [0.717, 1.165) is 11.8 Å². The third kappa shape index (κ3) is 16.5. The van der Waals surface area contributed by atoms with Crippen LogP contribution in [-0.4, -0.2) is 88.7 Å². The molecule has 13 nitrogen and oxygen atoms in total. The highest BCUT2D eigenvalue weighted by Crippen LogP contribution is 2.20. The van der Waals surface area contributed by atoms with Crippen molar-refractivity contribution in [2.75, 3.05) is 12.3 Å². The lowest BCUT2D eigenvalue weighted by molar-refractivity contribution is -0.153. The molecule has 0 aliphatic carbocycles. The summed E-state index contributed by atoms with van der Waals surface area (Å²) in [7, 11) is 0. The molecule has 0 heterocycles. The van der Waals surface area contributed by atoms with E-state index in [9.17, 15) is 28.8 Å². The summed E-state index contributed by atoms with van der Waals surface area (Å²) in [6.07, 6.45) is -2.04. The third-order valence-electron chi connectivity index (χ3n) is 4.22. The van der Waals surface area contributed by atoms with Crippen LogP contribution in [0.5, 0.6) is 0 Å². The molecule has 0 aromatic carbocycles. The molecule has 3 unspecified atom stereocenters. The summed E-state index contributed by atoms with van der Waals surface area (Å²) in [4.78, 5) is 72.6. The molecule has 5 N–H and O–H groups in total. The Balaban J connectivity index is 5.49. The van der Waals surface area contributed by atoms with Gasteiger partial charge in [-0.25, -0.2) is 0 Å². The summed E-state index contributed by atoms with van der Waals surface area (Å²) in [5.74, 6) is -4.89. The van der Waals surface area contributed by atoms with Crippen molar-refractivity contribution in [1.82, 2.24) is 10.6 Å². The fraction of sp³-hybridized carbons (Fsp3) is 0.739. The molecule has 0 bridgehead atoms. The summed E-state index contributed by atoms with van der Waals surface area (Å²) < 4.78 is 15.3. The van der Waals surface area contributed by atoms with E-state index >= 15 is 0 Å². The minimum atomic E-state index is -1.28. The van der Waals surface area contributed by atoms with Crippen LogP contribution in [0.25, 0.3) is 0 Å². The van der Waals surface area contributed by atoms with E-state index in [2.05, 4.69) is 10.6 Å². The number of aliphatic carboxylic acids is 1. The molecule has 0 saturated heterocycles. The fourth-order valence-corrected chi connectivity index (χ4v) is 3.74. The summed E-state index contributed by atoms with van der Waals surface area (Å²) >= 11 is 0.894. The minimum absolute atomic E-state index is 0.172. The average Bonchev–Trinajstić information content (AvgIpc) is 2.75. The molecule has 37 heavy (non-hydrogen) atoms. The summed E-state index contributed by atoms with van der Waals surface area (Å²) in [6.45, 7) is 9.41. The van der Waals surface area contributed by atoms with Crippen molar-refractivity contribution in [3.8, 4) is 0 Å². The number of hydrogen-bond donors (Lipinski definition) is 4. The maximum absolute atomic E-state index is 12.8. The first-order valence-electron chi connectivity index (χ1n) is 11.9. The van der Waals surface area contributed by atoms with Crippen molar-refractivity contribution < 1.29 is 48.1 Å². The van der Waals surface area contributed by atoms with Crippen LogP contribution in [0.15, 0.2) is 0 Å². The Kier molecular flexibility index (Phi) is 16.2. The number of carboxylic acids is 1. The predicted octanol–water partition coefficient (Wildman–Crippen LogP) is 0.126. The number of carboxylic acid groups (broad SMARTS) is 1. The van der Waals surface area contributed by atoms with Gasteiger partial charge in [0.1, 0.15) is 23.9 Å². The molecule has 0 spiro atoms. The Bertz CT molecular complexity index is 804. The van der Waals surface area contributed by atoms with Crippen LogP contribution >= 0.6 is 11.8 Å². The van der Waals surface area contributed by atoms with E-state index in [-0.39, 0.29) is 25.0 Å². The SMILES string of the molecule is CC(C)OC(=O)CNC(=O)C(CSC(CC(=O)OC(C)C)C(=O)OC(C)C)NC(=O)CCC(N)C(=O)O. The zero-order valence-corrected chi connectivity index (χ0v) is 22.9. The fourth-order valence-electron chi connectivity index (χ4n) is 2.64. The van der Waals surface area contributed by atoms with Crippen LogP contribution in [0, 0.1) is 0 Å². The molecule has 0 saturated carbocycles. The second-order valence-corrected chi connectivity index (χ2v) is 10.1. The Labute approximate surface area is 220 Å². The largest absolute Gasteiger partial charge is 0.480 e. The van der Waals surface area contributed by atoms with Crippen LogP contribution in [-0.2, 0) is 43.0 Å². The van der Waals surface area contributed by atoms with Gasteiger partial charge in [0.2, 0.25) is 11.8 Å². The number of amides is 2. The van der Waals surface area contributed by atoms with Crippen molar-refractivity contribution in [2.24, 2.45) is 5.73 Å². The van der Waals surface area contributed by atoms with Crippen molar-refractivity contribution in [3.63, 3.8) is 0 Å². The average molecular weight is 550 g/mol. The van der Waals surface area contributed by atoms with Crippen molar-refractivity contribution in [1.29, 1.82) is 0 Å². The number of esters is 3. The number of carbonyl (C=O) groups excluding carboxylic acids is 5. The zero-order chi connectivity index (χ0) is 28.7. The van der Waals surface area contributed by atoms with E-state index in [0.29, 0.717) is 0 Å². The van der Waals surface area contributed by atoms with Crippen molar-refractivity contribution in [2.45, 2.75) is 96.5 Å². The van der Waals surface area contributed by atoms with Gasteiger partial charge in [0.25, 0.3) is 0 Å². The number of nitrogens with one attached hydrogen (secondary N) is 2. The highest BCUT2D eigenvalue weighted by Gasteiger charge is 2.30. The molecule has 2 amide bonds. The monoisotopic (exact) mass is 549 g/mol. The molecule has 212 valence electrons. The lowest BCUT2D eigenvalue weighted by Gasteiger charge is -2.22. The maximum Gasteiger partial charge on any atom is 0.325 e. The summed E-state index contributed by atoms with van der Waals surface area (Å²) in [5, 5.41) is 12.7. The third-order valence-corrected chi connectivity index (χ3v) is 5.51. The number of hydrogen-bond acceptors (Lipinski definition) is 11. The highest BCUT2D eigenvalue weighted by molar-refractivity contribution is 8.00. The molecule has 3 atom stereocenters. The van der Waals surface area contributed by atoms with E-state index in [1.165, 1.54) is 0 Å². The van der Waals surface area contributed by atoms with Crippen LogP contribution in [0.2, 0.25) is 0 Å². The molecule has 0 aromatic heterocycles. The molecule has 14 heteroatoms. The molecule has 0 rings (SSSR count). The van der Waals surface area contributed by atoms with Crippen LogP contribution in [0.4, 0.5) is 0 Å². The maximum atomic E-state index is 12.8. The standard InChI is InChI=1S/C23H39N3O10S/c1-12(2)34-19(28)9-17(23(33)36-14(5)6)37-11-16(21(30)25-10-20(29)35-13(3)4)26-18(27)8-7-15(24)22(31)32/h12-17H,7-11,24H2,1-6H3,(H,25,30)(H,26,27)(H,31,32). The van der Waals surface area contributed by atoms with Gasteiger partial charge in [-0.05, 0) is 48.0 Å². The molecule has 0 aliphatic rings. The summed E-state index contributed by atoms with van der Waals surface area (Å²) in [5.41, 5.74) is 5.42. The van der Waals surface area contributed by atoms with Gasteiger partial charge in [-0.2, -0.15) is 0 Å². The first kappa shape index (κ1) is 34.1. The second-order valence-electron chi connectivity index (χ2n) is 8.91. The van der Waals surface area contributed by atoms with E-state index < -0.39 is 77.9 Å². The Morgan fingerprint density at radius 1 is 0.865 bits per heavy atom. The van der Waals surface area contributed by atoms with E-state index in [1.807, 2.05) is 0 Å². The number of thioether (sulfide) groups is 1. The van der Waals surface area contributed by atoms with Gasteiger partial charge in [-0.1, -0.05) is 0 Å². The van der Waals surface area contributed by atoms with Gasteiger partial charge in [0.15, 0.2) is 0 Å². The second kappa shape index (κ2) is 17.6. The zero-order valence-electron chi connectivity index (χ0n) is 22.1. The topological polar surface area (TPSA) is 200 Å². The number of carbonyl (C=O) groups is 6. The van der Waals surface area contributed by atoms with Gasteiger partial charge in [0, 0.05) is 12.2 Å². The minimum Gasteiger partial charge on any atom is -0.480 e. The van der Waals surface area contributed by atoms with Crippen LogP contribution in [0.3, 0.4) is 0 Å². The Morgan fingerprint density at radius 3 is 1.92 bits per heavy atom. The van der Waals surface area contributed by atoms with Crippen molar-refractivity contribution in [3.05, 3.63) is 0 Å². The van der Waals surface area contributed by atoms with Gasteiger partial charge in [0.05, 0.1) is 24.7 Å². The quantitative estimate of drug-likeness (QED) is 0.141. The van der Waals surface area contributed by atoms with Gasteiger partial charge >= 0.3 is 23.9 Å². The smallest absolute Gasteiger partial charge is 0.325 e. The molecular weight excluding hydrogens is 510 g/mol. The van der Waals surface area contributed by atoms with Crippen molar-refractivity contribution >= 4 is 47.5 Å². The summed E-state index contributed by atoms with van der Waals surface area (Å²) in [6, 6.07) is -2.50. The molecular formula is C23H39N3O10S. The Morgan fingerprint density at radius 2 is 1.41 bits per heavy atom. The van der Waals surface area contributed by atoms with Crippen LogP contribution < -0.4 is 16.4 Å². The van der Waals surface area contributed by atoms with E-state index in [4.69, 9.17) is 25.1 Å². The molecule has 0 radical (unpaired) electrons. The molecule has 0 aromatic rings. The van der Waals surface area contributed by atoms with Crippen LogP contribution in [0.1, 0.15) is 60.8 Å². The number of ether oxygens (including phenoxy) is 3. The van der Waals surface area contributed by atoms with Gasteiger partial charge in [-0.3, -0.25) is 28.8 Å². The molecule has 0 aliphatic heterocycles. The predicted molar refractivity (Wildman–Crippen MR) is 134 cm³/mol. The Hall–Kier alpha value is -2.87.